The number of benzene rings is 1. The van der Waals surface area contributed by atoms with Gasteiger partial charge in [0.1, 0.15) is 6.61 Å². The van der Waals surface area contributed by atoms with E-state index in [0.29, 0.717) is 29.9 Å². The van der Waals surface area contributed by atoms with Crippen LogP contribution < -0.4 is 4.74 Å². The highest BCUT2D eigenvalue weighted by atomic mass is 16.5. The molecule has 0 spiro atoms. The van der Waals surface area contributed by atoms with E-state index in [0.717, 1.165) is 0 Å². The average Bonchev–Trinajstić information content (AvgIpc) is 2.42. The molecule has 1 N–H and O–H groups in total. The summed E-state index contributed by atoms with van der Waals surface area (Å²) in [6, 6.07) is 7.17. The van der Waals surface area contributed by atoms with Crippen molar-refractivity contribution in [1.29, 1.82) is 0 Å². The minimum absolute atomic E-state index is 0.170. The van der Waals surface area contributed by atoms with Crippen molar-refractivity contribution in [2.75, 3.05) is 13.2 Å². The van der Waals surface area contributed by atoms with Crippen LogP contribution in [0.15, 0.2) is 30.5 Å². The standard InChI is InChI=1S/C16H19NO4/c1-16(2,3)21-9-8-20-14-12-7-5-4-6-11(12)13(10-17-14)15(18)19/h4-7,10H,8-9H2,1-3H3,(H,18,19). The van der Waals surface area contributed by atoms with E-state index in [2.05, 4.69) is 4.98 Å². The summed E-state index contributed by atoms with van der Waals surface area (Å²) < 4.78 is 11.2. The minimum atomic E-state index is -0.999. The molecule has 0 saturated carbocycles. The largest absolute Gasteiger partial charge is 0.478 e. The maximum atomic E-state index is 11.2. The minimum Gasteiger partial charge on any atom is -0.478 e. The third-order valence-corrected chi connectivity index (χ3v) is 2.85. The van der Waals surface area contributed by atoms with Crippen LogP contribution in [0.4, 0.5) is 0 Å². The quantitative estimate of drug-likeness (QED) is 0.856. The summed E-state index contributed by atoms with van der Waals surface area (Å²) in [7, 11) is 0. The number of carboxylic acid groups (broad SMARTS) is 1. The van der Waals surface area contributed by atoms with E-state index < -0.39 is 5.97 Å². The van der Waals surface area contributed by atoms with Gasteiger partial charge in [-0.15, -0.1) is 0 Å². The first kappa shape index (κ1) is 15.3. The van der Waals surface area contributed by atoms with Crippen molar-refractivity contribution in [3.63, 3.8) is 0 Å². The molecule has 0 aliphatic heterocycles. The first-order chi connectivity index (χ1) is 9.88. The Morgan fingerprint density at radius 1 is 1.19 bits per heavy atom. The molecule has 112 valence electrons. The number of carboxylic acids is 1. The predicted molar refractivity (Wildman–Crippen MR) is 79.9 cm³/mol. The van der Waals surface area contributed by atoms with Gasteiger partial charge in [0, 0.05) is 17.0 Å². The normalized spacial score (nSPS) is 11.6. The summed E-state index contributed by atoms with van der Waals surface area (Å²) in [4.78, 5) is 15.3. The number of fused-ring (bicyclic) bond motifs is 1. The topological polar surface area (TPSA) is 68.7 Å². The Morgan fingerprint density at radius 3 is 2.48 bits per heavy atom. The van der Waals surface area contributed by atoms with Crippen molar-refractivity contribution in [1.82, 2.24) is 4.98 Å². The van der Waals surface area contributed by atoms with Crippen LogP contribution in [0.5, 0.6) is 5.88 Å². The van der Waals surface area contributed by atoms with Crippen molar-refractivity contribution >= 4 is 16.7 Å². The van der Waals surface area contributed by atoms with Gasteiger partial charge in [0.25, 0.3) is 0 Å². The van der Waals surface area contributed by atoms with Crippen molar-refractivity contribution in [3.05, 3.63) is 36.0 Å². The van der Waals surface area contributed by atoms with Gasteiger partial charge < -0.3 is 14.6 Å². The van der Waals surface area contributed by atoms with Crippen molar-refractivity contribution in [3.8, 4) is 5.88 Å². The van der Waals surface area contributed by atoms with E-state index in [1.54, 1.807) is 18.2 Å². The van der Waals surface area contributed by atoms with Crippen LogP contribution in [0.1, 0.15) is 31.1 Å². The zero-order chi connectivity index (χ0) is 15.5. The van der Waals surface area contributed by atoms with Gasteiger partial charge in [-0.2, -0.15) is 0 Å². The van der Waals surface area contributed by atoms with E-state index in [-0.39, 0.29) is 11.2 Å². The molecule has 1 aromatic carbocycles. The van der Waals surface area contributed by atoms with Gasteiger partial charge in [-0.25, -0.2) is 9.78 Å². The Balaban J connectivity index is 2.18. The van der Waals surface area contributed by atoms with Crippen LogP contribution in [0.3, 0.4) is 0 Å². The van der Waals surface area contributed by atoms with Gasteiger partial charge in [0.2, 0.25) is 5.88 Å². The van der Waals surface area contributed by atoms with Gasteiger partial charge in [-0.1, -0.05) is 18.2 Å². The molecule has 0 bridgehead atoms. The maximum Gasteiger partial charge on any atom is 0.337 e. The fourth-order valence-electron chi connectivity index (χ4n) is 1.94. The number of nitrogens with zero attached hydrogens (tertiary/aromatic N) is 1. The average molecular weight is 289 g/mol. The first-order valence-corrected chi connectivity index (χ1v) is 6.76. The van der Waals surface area contributed by atoms with E-state index in [1.165, 1.54) is 6.20 Å². The van der Waals surface area contributed by atoms with E-state index in [4.69, 9.17) is 9.47 Å². The highest BCUT2D eigenvalue weighted by Gasteiger charge is 2.14. The molecule has 1 heterocycles. The molecule has 5 heteroatoms. The summed E-state index contributed by atoms with van der Waals surface area (Å²) in [6.45, 7) is 6.73. The number of pyridine rings is 1. The number of hydrogen-bond acceptors (Lipinski definition) is 4. The first-order valence-electron chi connectivity index (χ1n) is 6.76. The lowest BCUT2D eigenvalue weighted by atomic mass is 10.1. The van der Waals surface area contributed by atoms with Crippen LogP contribution in [0.25, 0.3) is 10.8 Å². The molecule has 0 saturated heterocycles. The Morgan fingerprint density at radius 2 is 1.86 bits per heavy atom. The molecule has 0 aliphatic carbocycles. The molecule has 1 aromatic heterocycles. The Hall–Kier alpha value is -2.14. The van der Waals surface area contributed by atoms with Crippen molar-refractivity contribution in [2.24, 2.45) is 0 Å². The van der Waals surface area contributed by atoms with E-state index in [1.807, 2.05) is 26.8 Å². The SMILES string of the molecule is CC(C)(C)OCCOc1ncc(C(=O)O)c2ccccc12. The van der Waals surface area contributed by atoms with Gasteiger partial charge >= 0.3 is 5.97 Å². The molecule has 0 unspecified atom stereocenters. The number of carbonyl (C=O) groups is 1. The van der Waals surface area contributed by atoms with Crippen LogP contribution >= 0.6 is 0 Å². The number of ether oxygens (including phenoxy) is 2. The lowest BCUT2D eigenvalue weighted by Gasteiger charge is -2.19. The van der Waals surface area contributed by atoms with Crippen LogP contribution in [-0.2, 0) is 4.74 Å². The summed E-state index contributed by atoms with van der Waals surface area (Å²) in [5.74, 6) is -0.575. The zero-order valence-electron chi connectivity index (χ0n) is 12.4. The lowest BCUT2D eigenvalue weighted by molar-refractivity contribution is -0.0166. The number of aromatic nitrogens is 1. The third kappa shape index (κ3) is 3.92. The van der Waals surface area contributed by atoms with Crippen molar-refractivity contribution in [2.45, 2.75) is 26.4 Å². The van der Waals surface area contributed by atoms with Gasteiger partial charge in [0.15, 0.2) is 0 Å². The van der Waals surface area contributed by atoms with Gasteiger partial charge in [-0.05, 0) is 26.8 Å². The highest BCUT2D eigenvalue weighted by Crippen LogP contribution is 2.26. The molecule has 2 rings (SSSR count). The summed E-state index contributed by atoms with van der Waals surface area (Å²) >= 11 is 0. The molecule has 0 aliphatic rings. The smallest absolute Gasteiger partial charge is 0.337 e. The molecule has 21 heavy (non-hydrogen) atoms. The number of rotatable bonds is 5. The summed E-state index contributed by atoms with van der Waals surface area (Å²) in [5, 5.41) is 10.5. The second-order valence-electron chi connectivity index (χ2n) is 5.64. The molecular formula is C16H19NO4. The third-order valence-electron chi connectivity index (χ3n) is 2.85. The molecule has 0 radical (unpaired) electrons. The van der Waals surface area contributed by atoms with E-state index >= 15 is 0 Å². The van der Waals surface area contributed by atoms with Crippen LogP contribution in [-0.4, -0.2) is 34.9 Å². The Labute approximate surface area is 123 Å². The molecular weight excluding hydrogens is 270 g/mol. The predicted octanol–water partition coefficient (Wildman–Crippen LogP) is 3.13. The fraction of sp³-hybridized carbons (Fsp3) is 0.375. The second kappa shape index (κ2) is 6.10. The monoisotopic (exact) mass is 289 g/mol. The number of aromatic carboxylic acids is 1. The Kier molecular flexibility index (Phi) is 4.43. The van der Waals surface area contributed by atoms with Gasteiger partial charge in [0.05, 0.1) is 17.8 Å². The number of hydrogen-bond donors (Lipinski definition) is 1. The van der Waals surface area contributed by atoms with Crippen LogP contribution in [0, 0.1) is 0 Å². The molecule has 0 fully saturated rings. The fourth-order valence-corrected chi connectivity index (χ4v) is 1.94. The Bertz CT molecular complexity index is 646. The second-order valence-corrected chi connectivity index (χ2v) is 5.64. The summed E-state index contributed by atoms with van der Waals surface area (Å²) in [6.07, 6.45) is 1.32. The lowest BCUT2D eigenvalue weighted by Crippen LogP contribution is -2.22. The molecule has 5 nitrogen and oxygen atoms in total. The van der Waals surface area contributed by atoms with E-state index in [9.17, 15) is 9.90 Å². The highest BCUT2D eigenvalue weighted by molar-refractivity contribution is 6.04. The van der Waals surface area contributed by atoms with Crippen molar-refractivity contribution < 1.29 is 19.4 Å². The molecule has 0 amide bonds. The summed E-state index contributed by atoms with van der Waals surface area (Å²) in [5.41, 5.74) is -0.0460. The molecule has 0 atom stereocenters. The van der Waals surface area contributed by atoms with Gasteiger partial charge in [-0.3, -0.25) is 0 Å². The molecule has 2 aromatic rings. The van der Waals surface area contributed by atoms with Crippen LogP contribution in [0.2, 0.25) is 0 Å². The zero-order valence-corrected chi connectivity index (χ0v) is 12.4. The maximum absolute atomic E-state index is 11.2.